The van der Waals surface area contributed by atoms with Gasteiger partial charge in [-0.2, -0.15) is 0 Å². The third-order valence-electron chi connectivity index (χ3n) is 5.49. The number of hydrogen-bond donors (Lipinski definition) is 0. The molecule has 0 N–H and O–H groups in total. The van der Waals surface area contributed by atoms with E-state index in [1.165, 1.54) is 38.5 Å². The number of esters is 2. The van der Waals surface area contributed by atoms with Gasteiger partial charge in [0.2, 0.25) is 0 Å². The van der Waals surface area contributed by atoms with Crippen LogP contribution in [-0.4, -0.2) is 25.2 Å². The quantitative estimate of drug-likeness (QED) is 0.270. The van der Waals surface area contributed by atoms with E-state index in [0.717, 1.165) is 50.9 Å². The molecule has 158 valence electrons. The van der Waals surface area contributed by atoms with Gasteiger partial charge in [0.05, 0.1) is 25.0 Å². The number of carbonyl (C=O) groups is 2. The lowest BCUT2D eigenvalue weighted by atomic mass is 9.79. The van der Waals surface area contributed by atoms with E-state index in [9.17, 15) is 9.59 Å². The molecule has 0 bridgehead atoms. The summed E-state index contributed by atoms with van der Waals surface area (Å²) >= 11 is 0. The molecule has 4 heteroatoms. The van der Waals surface area contributed by atoms with Crippen molar-refractivity contribution in [3.05, 3.63) is 0 Å². The predicted molar refractivity (Wildman–Crippen MR) is 109 cm³/mol. The largest absolute Gasteiger partial charge is 0.465 e. The molecule has 1 aliphatic carbocycles. The van der Waals surface area contributed by atoms with Crippen LogP contribution < -0.4 is 0 Å². The number of rotatable bonds is 14. The van der Waals surface area contributed by atoms with Crippen molar-refractivity contribution in [1.29, 1.82) is 0 Å². The van der Waals surface area contributed by atoms with Crippen LogP contribution in [0.2, 0.25) is 0 Å². The van der Waals surface area contributed by atoms with Crippen LogP contribution in [0, 0.1) is 17.8 Å². The molecular weight excluding hydrogens is 340 g/mol. The first-order valence-corrected chi connectivity index (χ1v) is 11.4. The molecule has 0 saturated heterocycles. The van der Waals surface area contributed by atoms with E-state index in [0.29, 0.717) is 13.2 Å². The summed E-state index contributed by atoms with van der Waals surface area (Å²) in [6.45, 7) is 7.47. The van der Waals surface area contributed by atoms with Gasteiger partial charge < -0.3 is 9.47 Å². The zero-order valence-electron chi connectivity index (χ0n) is 18.0. The molecule has 0 spiro atoms. The van der Waals surface area contributed by atoms with Crippen LogP contribution in [-0.2, 0) is 19.1 Å². The molecule has 0 radical (unpaired) electrons. The number of ether oxygens (including phenoxy) is 2. The lowest BCUT2D eigenvalue weighted by Gasteiger charge is -2.28. The highest BCUT2D eigenvalue weighted by molar-refractivity contribution is 5.82. The molecule has 2 atom stereocenters. The second-order valence-corrected chi connectivity index (χ2v) is 8.49. The highest BCUT2D eigenvalue weighted by atomic mass is 16.5. The molecule has 4 nitrogen and oxygen atoms in total. The van der Waals surface area contributed by atoms with E-state index in [1.54, 1.807) is 0 Å². The predicted octanol–water partition coefficient (Wildman–Crippen LogP) is 6.07. The monoisotopic (exact) mass is 382 g/mol. The van der Waals surface area contributed by atoms with E-state index in [-0.39, 0.29) is 23.8 Å². The lowest BCUT2D eigenvalue weighted by Crippen LogP contribution is -2.35. The van der Waals surface area contributed by atoms with Crippen molar-refractivity contribution in [2.75, 3.05) is 13.2 Å². The Hall–Kier alpha value is -1.06. The fourth-order valence-electron chi connectivity index (χ4n) is 3.82. The van der Waals surface area contributed by atoms with Gasteiger partial charge in [-0.15, -0.1) is 0 Å². The molecule has 1 saturated carbocycles. The van der Waals surface area contributed by atoms with Crippen LogP contribution >= 0.6 is 0 Å². The first-order chi connectivity index (χ1) is 13.1. The number of hydrogen-bond acceptors (Lipinski definition) is 4. The van der Waals surface area contributed by atoms with Crippen LogP contribution in [0.5, 0.6) is 0 Å². The van der Waals surface area contributed by atoms with Crippen LogP contribution in [0.15, 0.2) is 0 Å². The summed E-state index contributed by atoms with van der Waals surface area (Å²) in [6.07, 6.45) is 14.2. The fourth-order valence-corrected chi connectivity index (χ4v) is 3.82. The molecule has 0 aromatic heterocycles. The normalized spacial score (nSPS) is 19.9. The van der Waals surface area contributed by atoms with Gasteiger partial charge in [0, 0.05) is 0 Å². The van der Waals surface area contributed by atoms with Crippen LogP contribution in [0.1, 0.15) is 104 Å². The average molecular weight is 383 g/mol. The highest BCUT2D eigenvalue weighted by Gasteiger charge is 2.37. The molecule has 2 unspecified atom stereocenters. The highest BCUT2D eigenvalue weighted by Crippen LogP contribution is 2.32. The van der Waals surface area contributed by atoms with Gasteiger partial charge in [0.1, 0.15) is 0 Å². The van der Waals surface area contributed by atoms with Gasteiger partial charge in [-0.1, -0.05) is 78.6 Å². The molecule has 1 rings (SSSR count). The smallest absolute Gasteiger partial charge is 0.309 e. The molecule has 27 heavy (non-hydrogen) atoms. The number of carbonyl (C=O) groups excluding carboxylic acids is 2. The molecule has 0 aromatic rings. The van der Waals surface area contributed by atoms with Crippen molar-refractivity contribution in [2.45, 2.75) is 104 Å². The second kappa shape index (κ2) is 14.9. The first-order valence-electron chi connectivity index (χ1n) is 11.4. The van der Waals surface area contributed by atoms with Crippen molar-refractivity contribution in [3.8, 4) is 0 Å². The molecule has 0 aliphatic heterocycles. The summed E-state index contributed by atoms with van der Waals surface area (Å²) in [4.78, 5) is 24.6. The summed E-state index contributed by atoms with van der Waals surface area (Å²) in [5.74, 6) is -0.192. The van der Waals surface area contributed by atoms with E-state index in [1.807, 2.05) is 6.92 Å². The maximum atomic E-state index is 12.4. The van der Waals surface area contributed by atoms with Gasteiger partial charge in [0.25, 0.3) is 0 Å². The van der Waals surface area contributed by atoms with Crippen molar-refractivity contribution in [3.63, 3.8) is 0 Å². The Morgan fingerprint density at radius 3 is 1.78 bits per heavy atom. The topological polar surface area (TPSA) is 52.6 Å². The van der Waals surface area contributed by atoms with Crippen molar-refractivity contribution < 1.29 is 19.1 Å². The Morgan fingerprint density at radius 2 is 1.26 bits per heavy atom. The molecule has 1 aliphatic rings. The minimum Gasteiger partial charge on any atom is -0.465 e. The lowest BCUT2D eigenvalue weighted by molar-refractivity contribution is -0.163. The molecular formula is C23H42O4. The zero-order valence-corrected chi connectivity index (χ0v) is 18.0. The maximum Gasteiger partial charge on any atom is 0.309 e. The Kier molecular flexibility index (Phi) is 13.3. The Bertz CT molecular complexity index is 405. The van der Waals surface area contributed by atoms with Gasteiger partial charge >= 0.3 is 11.9 Å². The molecule has 0 amide bonds. The molecule has 0 heterocycles. The number of unbranched alkanes of at least 4 members (excludes halogenated alkanes) is 6. The average Bonchev–Trinajstić information content (AvgIpc) is 2.67. The van der Waals surface area contributed by atoms with Crippen molar-refractivity contribution >= 4 is 11.9 Å². The van der Waals surface area contributed by atoms with E-state index < -0.39 is 0 Å². The summed E-state index contributed by atoms with van der Waals surface area (Å²) in [7, 11) is 0. The van der Waals surface area contributed by atoms with Crippen LogP contribution in [0.3, 0.4) is 0 Å². The first kappa shape index (κ1) is 24.0. The third kappa shape index (κ3) is 10.8. The minimum absolute atomic E-state index is 0.193. The summed E-state index contributed by atoms with van der Waals surface area (Å²) in [5.41, 5.74) is 0. The van der Waals surface area contributed by atoms with Gasteiger partial charge in [0.15, 0.2) is 0 Å². The van der Waals surface area contributed by atoms with Crippen LogP contribution in [0.25, 0.3) is 0 Å². The van der Waals surface area contributed by atoms with E-state index >= 15 is 0 Å². The zero-order chi connectivity index (χ0) is 19.9. The molecule has 1 fully saturated rings. The van der Waals surface area contributed by atoms with E-state index in [4.69, 9.17) is 9.47 Å². The van der Waals surface area contributed by atoms with E-state index in [2.05, 4.69) is 13.8 Å². The second-order valence-electron chi connectivity index (χ2n) is 8.49. The van der Waals surface area contributed by atoms with Crippen LogP contribution in [0.4, 0.5) is 0 Å². The summed E-state index contributed by atoms with van der Waals surface area (Å²) in [6, 6.07) is 0. The van der Waals surface area contributed by atoms with Crippen molar-refractivity contribution in [1.82, 2.24) is 0 Å². The fraction of sp³-hybridized carbons (Fsp3) is 0.913. The maximum absolute atomic E-state index is 12.4. The van der Waals surface area contributed by atoms with Gasteiger partial charge in [-0.05, 0) is 31.6 Å². The SMILES string of the molecule is CCCOC(=O)C1CCCCC1C(=O)OCCCCCCCCCC(C)C. The summed E-state index contributed by atoms with van der Waals surface area (Å²) < 4.78 is 10.8. The van der Waals surface area contributed by atoms with Gasteiger partial charge in [-0.25, -0.2) is 0 Å². The minimum atomic E-state index is -0.302. The Balaban J connectivity index is 2.13. The third-order valence-corrected chi connectivity index (χ3v) is 5.49. The van der Waals surface area contributed by atoms with Crippen molar-refractivity contribution in [2.24, 2.45) is 17.8 Å². The van der Waals surface area contributed by atoms with Gasteiger partial charge in [-0.3, -0.25) is 9.59 Å². The Labute approximate surface area is 166 Å². The molecule has 0 aromatic carbocycles. The standard InChI is InChI=1S/C23H42O4/c1-4-17-26-22(24)20-15-11-12-16-21(20)23(25)27-18-13-9-7-5-6-8-10-14-19(2)3/h19-21H,4-18H2,1-3H3. The Morgan fingerprint density at radius 1 is 0.778 bits per heavy atom. The summed E-state index contributed by atoms with van der Waals surface area (Å²) in [5, 5.41) is 0.